The van der Waals surface area contributed by atoms with Gasteiger partial charge in [-0.2, -0.15) is 0 Å². The molecule has 16 heavy (non-hydrogen) atoms. The van der Waals surface area contributed by atoms with Gasteiger partial charge in [0.15, 0.2) is 9.84 Å². The molecule has 0 amide bonds. The highest BCUT2D eigenvalue weighted by atomic mass is 32.2. The fraction of sp³-hybridized carbons (Fsp3) is 0.700. The average Bonchev–Trinajstić information content (AvgIpc) is 1.95. The molecule has 0 saturated heterocycles. The molecule has 0 aliphatic heterocycles. The Balaban J connectivity index is 4.22. The molecule has 0 aliphatic carbocycles. The topological polar surface area (TPSA) is 86.5 Å². The van der Waals surface area contributed by atoms with Crippen LogP contribution >= 0.6 is 0 Å². The number of hydrogen-bond acceptors (Lipinski definition) is 5. The predicted octanol–water partition coefficient (Wildman–Crippen LogP) is 0.604. The largest absolute Gasteiger partial charge is 0.460 e. The summed E-state index contributed by atoms with van der Waals surface area (Å²) in [7, 11) is -3.20. The van der Waals surface area contributed by atoms with Gasteiger partial charge in [-0.1, -0.05) is 6.08 Å². The second kappa shape index (κ2) is 5.45. The first-order valence-corrected chi connectivity index (χ1v) is 6.81. The highest BCUT2D eigenvalue weighted by Gasteiger charge is 2.17. The first-order valence-electron chi connectivity index (χ1n) is 4.85. The number of esters is 1. The van der Waals surface area contributed by atoms with Gasteiger partial charge in [0.2, 0.25) is 0 Å². The summed E-state index contributed by atoms with van der Waals surface area (Å²) >= 11 is 0. The molecule has 0 unspecified atom stereocenters. The van der Waals surface area contributed by atoms with Crippen LogP contribution in [0.1, 0.15) is 27.2 Å². The van der Waals surface area contributed by atoms with E-state index in [9.17, 15) is 13.2 Å². The first kappa shape index (κ1) is 15.1. The van der Waals surface area contributed by atoms with Gasteiger partial charge in [0.1, 0.15) is 5.60 Å². The van der Waals surface area contributed by atoms with E-state index < -0.39 is 27.4 Å². The molecule has 0 aliphatic rings. The van der Waals surface area contributed by atoms with Crippen molar-refractivity contribution in [3.63, 3.8) is 0 Å². The predicted molar refractivity (Wildman–Crippen MR) is 62.4 cm³/mol. The maximum Gasteiger partial charge on any atom is 0.308 e. The molecule has 0 rings (SSSR count). The smallest absolute Gasteiger partial charge is 0.308 e. The molecule has 6 heteroatoms. The Hall–Kier alpha value is -0.880. The van der Waals surface area contributed by atoms with E-state index in [1.807, 2.05) is 0 Å². The number of carbonyl (C=O) groups excluding carboxylic acids is 1. The molecule has 5 nitrogen and oxygen atoms in total. The van der Waals surface area contributed by atoms with Crippen molar-refractivity contribution in [1.82, 2.24) is 0 Å². The Morgan fingerprint density at radius 1 is 1.44 bits per heavy atom. The van der Waals surface area contributed by atoms with Crippen LogP contribution in [0.15, 0.2) is 11.5 Å². The third-order valence-corrected chi connectivity index (χ3v) is 2.05. The maximum absolute atomic E-state index is 11.3. The summed E-state index contributed by atoms with van der Waals surface area (Å²) in [4.78, 5) is 11.3. The summed E-state index contributed by atoms with van der Waals surface area (Å²) in [6.07, 6.45) is 2.30. The Morgan fingerprint density at radius 2 is 1.94 bits per heavy atom. The van der Waals surface area contributed by atoms with E-state index in [4.69, 9.17) is 10.5 Å². The number of sulfone groups is 1. The summed E-state index contributed by atoms with van der Waals surface area (Å²) in [6.45, 7) is 5.26. The third-order valence-electron chi connectivity index (χ3n) is 1.40. The zero-order valence-corrected chi connectivity index (χ0v) is 10.9. The molecular weight excluding hydrogens is 230 g/mol. The molecule has 0 aromatic carbocycles. The molecule has 0 aromatic heterocycles. The first-order chi connectivity index (χ1) is 6.99. The molecule has 0 bridgehead atoms. The van der Waals surface area contributed by atoms with Gasteiger partial charge in [-0.15, -0.1) is 0 Å². The van der Waals surface area contributed by atoms with Crippen LogP contribution in [0, 0.1) is 0 Å². The van der Waals surface area contributed by atoms with E-state index in [1.54, 1.807) is 20.8 Å². The lowest BCUT2D eigenvalue weighted by Crippen LogP contribution is -2.29. The Labute approximate surface area is 96.6 Å². The number of ether oxygens (including phenoxy) is 1. The van der Waals surface area contributed by atoms with Gasteiger partial charge in [-0.3, -0.25) is 4.79 Å². The van der Waals surface area contributed by atoms with E-state index >= 15 is 0 Å². The van der Waals surface area contributed by atoms with Crippen molar-refractivity contribution in [3.05, 3.63) is 11.5 Å². The van der Waals surface area contributed by atoms with Crippen molar-refractivity contribution in [3.8, 4) is 0 Å². The van der Waals surface area contributed by atoms with Gasteiger partial charge >= 0.3 is 5.97 Å². The SMILES string of the molecule is CC(C)(C)OC(=O)C[C@H](N)C=CS(C)(=O)=O. The van der Waals surface area contributed by atoms with Gasteiger partial charge in [0, 0.05) is 17.7 Å². The van der Waals surface area contributed by atoms with Crippen LogP contribution in [-0.2, 0) is 19.4 Å². The minimum atomic E-state index is -3.20. The minimum Gasteiger partial charge on any atom is -0.460 e. The van der Waals surface area contributed by atoms with E-state index in [2.05, 4.69) is 0 Å². The molecule has 0 fully saturated rings. The van der Waals surface area contributed by atoms with Gasteiger partial charge in [-0.05, 0) is 20.8 Å². The number of carbonyl (C=O) groups is 1. The lowest BCUT2D eigenvalue weighted by molar-refractivity contribution is -0.154. The average molecular weight is 249 g/mol. The van der Waals surface area contributed by atoms with Crippen molar-refractivity contribution in [2.75, 3.05) is 6.26 Å². The van der Waals surface area contributed by atoms with Gasteiger partial charge in [0.05, 0.1) is 6.42 Å². The molecule has 0 aromatic rings. The summed E-state index contributed by atoms with van der Waals surface area (Å²) in [6, 6.07) is -0.649. The van der Waals surface area contributed by atoms with Crippen LogP contribution in [0.3, 0.4) is 0 Å². The standard InChI is InChI=1S/C10H19NO4S/c1-10(2,3)15-9(12)7-8(11)5-6-16(4,13)14/h5-6,8H,7,11H2,1-4H3/t8-/m1/s1. The van der Waals surface area contributed by atoms with Gasteiger partial charge in [0.25, 0.3) is 0 Å². The van der Waals surface area contributed by atoms with Crippen LogP contribution in [0.4, 0.5) is 0 Å². The third kappa shape index (κ3) is 9.67. The summed E-state index contributed by atoms with van der Waals surface area (Å²) in [5.74, 6) is -0.446. The maximum atomic E-state index is 11.3. The monoisotopic (exact) mass is 249 g/mol. The Kier molecular flexibility index (Phi) is 5.15. The van der Waals surface area contributed by atoms with Crippen LogP contribution in [-0.4, -0.2) is 32.3 Å². The second-order valence-corrected chi connectivity index (χ2v) is 6.54. The van der Waals surface area contributed by atoms with Gasteiger partial charge in [-0.25, -0.2) is 8.42 Å². The van der Waals surface area contributed by atoms with Crippen LogP contribution in [0.25, 0.3) is 0 Å². The summed E-state index contributed by atoms with van der Waals surface area (Å²) in [5, 5.41) is 0.988. The van der Waals surface area contributed by atoms with Crippen molar-refractivity contribution < 1.29 is 17.9 Å². The zero-order valence-electron chi connectivity index (χ0n) is 10.1. The van der Waals surface area contributed by atoms with Crippen LogP contribution < -0.4 is 5.73 Å². The van der Waals surface area contributed by atoms with Crippen LogP contribution in [0.5, 0.6) is 0 Å². The normalized spacial score (nSPS) is 15.1. The molecule has 94 valence electrons. The summed E-state index contributed by atoms with van der Waals surface area (Å²) < 4.78 is 26.6. The second-order valence-electron chi connectivity index (χ2n) is 4.61. The number of hydrogen-bond donors (Lipinski definition) is 1. The van der Waals surface area contributed by atoms with Crippen molar-refractivity contribution >= 4 is 15.8 Å². The quantitative estimate of drug-likeness (QED) is 0.737. The molecule has 0 heterocycles. The van der Waals surface area contributed by atoms with E-state index in [-0.39, 0.29) is 6.42 Å². The fourth-order valence-corrected chi connectivity index (χ4v) is 1.37. The van der Waals surface area contributed by atoms with E-state index in [0.29, 0.717) is 0 Å². The minimum absolute atomic E-state index is 0.0384. The molecule has 1 atom stereocenters. The Bertz CT molecular complexity index is 365. The van der Waals surface area contributed by atoms with Crippen molar-refractivity contribution in [2.24, 2.45) is 5.73 Å². The highest BCUT2D eigenvalue weighted by molar-refractivity contribution is 7.93. The zero-order chi connectivity index (χ0) is 13.0. The lowest BCUT2D eigenvalue weighted by Gasteiger charge is -2.20. The fourth-order valence-electron chi connectivity index (χ4n) is 0.887. The van der Waals surface area contributed by atoms with Crippen molar-refractivity contribution in [1.29, 1.82) is 0 Å². The van der Waals surface area contributed by atoms with E-state index in [0.717, 1.165) is 11.7 Å². The molecule has 2 N–H and O–H groups in total. The number of nitrogens with two attached hydrogens (primary N) is 1. The molecule has 0 spiro atoms. The van der Waals surface area contributed by atoms with Crippen LogP contribution in [0.2, 0.25) is 0 Å². The van der Waals surface area contributed by atoms with Gasteiger partial charge < -0.3 is 10.5 Å². The highest BCUT2D eigenvalue weighted by Crippen LogP contribution is 2.09. The lowest BCUT2D eigenvalue weighted by atomic mass is 10.2. The van der Waals surface area contributed by atoms with Crippen molar-refractivity contribution in [2.45, 2.75) is 38.8 Å². The molecule has 0 radical (unpaired) electrons. The van der Waals surface area contributed by atoms with E-state index in [1.165, 1.54) is 6.08 Å². The Morgan fingerprint density at radius 3 is 2.31 bits per heavy atom. The molecule has 0 saturated carbocycles. The number of rotatable bonds is 4. The molecular formula is C10H19NO4S. The summed E-state index contributed by atoms with van der Waals surface area (Å²) in [5.41, 5.74) is 4.99.